The number of hydrogen-bond acceptors (Lipinski definition) is 6. The molecule has 0 radical (unpaired) electrons. The quantitative estimate of drug-likeness (QED) is 0.407. The van der Waals surface area contributed by atoms with E-state index in [1.807, 2.05) is 0 Å². The molecule has 2 heterocycles. The van der Waals surface area contributed by atoms with E-state index in [4.69, 9.17) is 11.1 Å². The molecule has 7 nitrogen and oxygen atoms in total. The third kappa shape index (κ3) is 2.74. The summed E-state index contributed by atoms with van der Waals surface area (Å²) < 4.78 is 0. The summed E-state index contributed by atoms with van der Waals surface area (Å²) in [5, 5.41) is 27.5. The van der Waals surface area contributed by atoms with Crippen molar-refractivity contribution in [2.24, 2.45) is 11.7 Å². The third-order valence-corrected chi connectivity index (χ3v) is 4.53. The highest BCUT2D eigenvalue weighted by Gasteiger charge is 2.56. The van der Waals surface area contributed by atoms with Crippen LogP contribution in [-0.4, -0.2) is 51.4 Å². The Hall–Kier alpha value is -1.64. The lowest BCUT2D eigenvalue weighted by atomic mass is 9.83. The molecule has 2 rings (SSSR count). The zero-order valence-electron chi connectivity index (χ0n) is 11.4. The number of fused-ring (bicyclic) bond motifs is 1. The van der Waals surface area contributed by atoms with Gasteiger partial charge in [-0.15, -0.1) is 11.8 Å². The average molecular weight is 311 g/mol. The zero-order chi connectivity index (χ0) is 15.7. The van der Waals surface area contributed by atoms with Gasteiger partial charge in [-0.1, -0.05) is 6.08 Å². The summed E-state index contributed by atoms with van der Waals surface area (Å²) in [6.45, 7) is 1.54. The first-order valence-electron chi connectivity index (χ1n) is 6.45. The molecule has 1 amide bonds. The Morgan fingerprint density at radius 2 is 2.29 bits per heavy atom. The molecular weight excluding hydrogens is 294 g/mol. The van der Waals surface area contributed by atoms with Crippen LogP contribution in [0.4, 0.5) is 0 Å². The second-order valence-electron chi connectivity index (χ2n) is 5.01. The molecule has 2 aliphatic rings. The largest absolute Gasteiger partial charge is 0.477 e. The predicted molar refractivity (Wildman–Crippen MR) is 78.6 cm³/mol. The summed E-state index contributed by atoms with van der Waals surface area (Å²) in [6, 6.07) is -0.799. The molecule has 0 spiro atoms. The van der Waals surface area contributed by atoms with Gasteiger partial charge < -0.3 is 26.3 Å². The molecule has 21 heavy (non-hydrogen) atoms. The first kappa shape index (κ1) is 15.7. The molecule has 114 valence electrons. The lowest BCUT2D eigenvalue weighted by Crippen LogP contribution is -2.61. The predicted octanol–water partition coefficient (Wildman–Crippen LogP) is 0.118. The number of carbonyl (C=O) groups is 2. The fourth-order valence-electron chi connectivity index (χ4n) is 2.60. The number of thioether (sulfide) groups is 1. The highest BCUT2D eigenvalue weighted by molar-refractivity contribution is 8.05. The van der Waals surface area contributed by atoms with E-state index in [1.54, 1.807) is 11.5 Å². The molecule has 8 heteroatoms. The van der Waals surface area contributed by atoms with Gasteiger partial charge in [0, 0.05) is 17.5 Å². The van der Waals surface area contributed by atoms with Crippen LogP contribution in [0.5, 0.6) is 0 Å². The van der Waals surface area contributed by atoms with Crippen molar-refractivity contribution in [1.82, 2.24) is 4.90 Å². The number of aliphatic hydroxyl groups excluding tert-OH is 1. The van der Waals surface area contributed by atoms with Gasteiger partial charge in [0.15, 0.2) is 0 Å². The van der Waals surface area contributed by atoms with Crippen LogP contribution in [0.2, 0.25) is 0 Å². The van der Waals surface area contributed by atoms with Gasteiger partial charge in [0.05, 0.1) is 24.1 Å². The highest BCUT2D eigenvalue weighted by Crippen LogP contribution is 2.47. The van der Waals surface area contributed by atoms with Crippen LogP contribution < -0.4 is 5.73 Å². The van der Waals surface area contributed by atoms with E-state index in [0.29, 0.717) is 11.3 Å². The summed E-state index contributed by atoms with van der Waals surface area (Å²) in [5.74, 6) is -2.03. The van der Waals surface area contributed by atoms with E-state index in [9.17, 15) is 19.8 Å². The summed E-state index contributed by atoms with van der Waals surface area (Å²) >= 11 is 1.19. The Kier molecular flexibility index (Phi) is 4.50. The zero-order valence-corrected chi connectivity index (χ0v) is 12.2. The van der Waals surface area contributed by atoms with Crippen LogP contribution in [0, 0.1) is 11.3 Å². The topological polar surface area (TPSA) is 128 Å². The number of aliphatic carboxylic acids is 1. The molecule has 4 atom stereocenters. The van der Waals surface area contributed by atoms with Crippen molar-refractivity contribution in [2.75, 3.05) is 0 Å². The molecule has 0 bridgehead atoms. The Morgan fingerprint density at radius 1 is 1.62 bits per heavy atom. The molecule has 0 saturated carbocycles. The summed E-state index contributed by atoms with van der Waals surface area (Å²) in [6.07, 6.45) is 2.27. The third-order valence-electron chi connectivity index (χ3n) is 3.59. The van der Waals surface area contributed by atoms with E-state index in [-0.39, 0.29) is 17.6 Å². The Morgan fingerprint density at radius 3 is 2.81 bits per heavy atom. The van der Waals surface area contributed by atoms with Crippen molar-refractivity contribution in [3.63, 3.8) is 0 Å². The van der Waals surface area contributed by atoms with Crippen LogP contribution in [0.3, 0.4) is 0 Å². The number of nitrogens with one attached hydrogen (secondary N) is 1. The van der Waals surface area contributed by atoms with Crippen LogP contribution in [0.25, 0.3) is 0 Å². The van der Waals surface area contributed by atoms with Gasteiger partial charge in [0.25, 0.3) is 0 Å². The van der Waals surface area contributed by atoms with Gasteiger partial charge in [0.2, 0.25) is 5.91 Å². The summed E-state index contributed by atoms with van der Waals surface area (Å²) in [4.78, 5) is 25.2. The second-order valence-corrected chi connectivity index (χ2v) is 6.01. The fraction of sp³-hybridized carbons (Fsp3) is 0.462. The van der Waals surface area contributed by atoms with E-state index in [1.165, 1.54) is 23.6 Å². The number of rotatable bonds is 6. The molecule has 0 aromatic heterocycles. The highest BCUT2D eigenvalue weighted by atomic mass is 32.2. The molecule has 5 N–H and O–H groups in total. The van der Waals surface area contributed by atoms with Crippen molar-refractivity contribution in [3.8, 4) is 0 Å². The van der Waals surface area contributed by atoms with Gasteiger partial charge >= 0.3 is 5.97 Å². The van der Waals surface area contributed by atoms with Crippen molar-refractivity contribution >= 4 is 29.9 Å². The summed E-state index contributed by atoms with van der Waals surface area (Å²) in [7, 11) is 0. The van der Waals surface area contributed by atoms with E-state index in [2.05, 4.69) is 0 Å². The minimum Gasteiger partial charge on any atom is -0.477 e. The van der Waals surface area contributed by atoms with Crippen LogP contribution in [0.1, 0.15) is 13.3 Å². The number of nitrogens with zero attached hydrogens (tertiary/aromatic N) is 1. The van der Waals surface area contributed by atoms with Gasteiger partial charge in [-0.05, 0) is 12.3 Å². The number of carboxylic acids is 1. The number of carbonyl (C=O) groups excluding carboxylic acids is 1. The van der Waals surface area contributed by atoms with E-state index < -0.39 is 24.0 Å². The number of amides is 1. The molecule has 2 aliphatic heterocycles. The SMILES string of the molecule is C[C@H](O)[C@@H]1C(=O)N2C(C(=O)O)=C(SC=CC(N)C=N)C[C@H]12. The van der Waals surface area contributed by atoms with Crippen molar-refractivity contribution in [3.05, 3.63) is 22.1 Å². The summed E-state index contributed by atoms with van der Waals surface area (Å²) in [5.41, 5.74) is 5.52. The minimum atomic E-state index is -1.15. The molecule has 0 aromatic rings. The fourth-order valence-corrected chi connectivity index (χ4v) is 3.59. The van der Waals surface area contributed by atoms with Crippen LogP contribution >= 0.6 is 11.8 Å². The van der Waals surface area contributed by atoms with E-state index >= 15 is 0 Å². The van der Waals surface area contributed by atoms with E-state index in [0.717, 1.165) is 6.21 Å². The number of aliphatic hydroxyl groups is 1. The van der Waals surface area contributed by atoms with Crippen LogP contribution in [-0.2, 0) is 9.59 Å². The molecule has 0 aromatic carbocycles. The second kappa shape index (κ2) is 6.00. The number of carboxylic acid groups (broad SMARTS) is 1. The van der Waals surface area contributed by atoms with Crippen molar-refractivity contribution < 1.29 is 19.8 Å². The maximum absolute atomic E-state index is 12.0. The van der Waals surface area contributed by atoms with Crippen molar-refractivity contribution in [2.45, 2.75) is 31.5 Å². The van der Waals surface area contributed by atoms with Gasteiger partial charge in [0.1, 0.15) is 5.70 Å². The molecule has 0 aliphatic carbocycles. The van der Waals surface area contributed by atoms with Crippen LogP contribution in [0.15, 0.2) is 22.1 Å². The normalized spacial score (nSPS) is 27.6. The lowest BCUT2D eigenvalue weighted by molar-refractivity contribution is -0.161. The molecule has 1 saturated heterocycles. The molecular formula is C13H17N3O4S. The molecule has 1 unspecified atom stereocenters. The Labute approximate surface area is 126 Å². The van der Waals surface area contributed by atoms with Gasteiger partial charge in [-0.3, -0.25) is 4.79 Å². The standard InChI is InChI=1S/C13H17N3O4S/c1-6(17)10-8-4-9(21-3-2-7(15)5-14)11(13(19)20)16(8)12(10)18/h2-3,5-8,10,14,17H,4,15H2,1H3,(H,19,20)/t6-,7?,8+,10-/m0/s1. The minimum absolute atomic E-state index is 0.0139. The average Bonchev–Trinajstić information content (AvgIpc) is 2.72. The van der Waals surface area contributed by atoms with Gasteiger partial charge in [-0.2, -0.15) is 0 Å². The Balaban J connectivity index is 2.17. The molecule has 1 fully saturated rings. The lowest BCUT2D eigenvalue weighted by Gasteiger charge is -2.44. The maximum atomic E-state index is 12.0. The first-order valence-corrected chi connectivity index (χ1v) is 7.33. The number of hydrogen-bond donors (Lipinski definition) is 4. The maximum Gasteiger partial charge on any atom is 0.353 e. The Bertz CT molecular complexity index is 544. The number of β-lactam (4-membered cyclic amide) rings is 1. The van der Waals surface area contributed by atoms with Crippen molar-refractivity contribution in [1.29, 1.82) is 5.41 Å². The monoisotopic (exact) mass is 311 g/mol. The smallest absolute Gasteiger partial charge is 0.353 e. The van der Waals surface area contributed by atoms with Gasteiger partial charge in [-0.25, -0.2) is 4.79 Å². The first-order chi connectivity index (χ1) is 9.88. The number of nitrogens with two attached hydrogens (primary N) is 1.